The summed E-state index contributed by atoms with van der Waals surface area (Å²) in [5.74, 6) is 5.72. The minimum atomic E-state index is 0.457. The molecule has 1 rings (SSSR count). The topological polar surface area (TPSA) is 38.5 Å². The molecule has 0 aromatic rings. The summed E-state index contributed by atoms with van der Waals surface area (Å²) >= 11 is 0. The highest BCUT2D eigenvalue weighted by Crippen LogP contribution is 2.12. The van der Waals surface area contributed by atoms with Crippen LogP contribution < -0.4 is 5.84 Å². The maximum Gasteiger partial charge on any atom is 0.0631 e. The third-order valence-electron chi connectivity index (χ3n) is 2.03. The quantitative estimate of drug-likeness (QED) is 0.569. The van der Waals surface area contributed by atoms with Crippen molar-refractivity contribution in [2.45, 2.75) is 25.3 Å². The number of methoxy groups -OCH3 is 1. The van der Waals surface area contributed by atoms with Crippen molar-refractivity contribution in [3.8, 4) is 0 Å². The first-order valence-electron chi connectivity index (χ1n) is 3.85. The third-order valence-corrected chi connectivity index (χ3v) is 2.03. The molecule has 1 saturated heterocycles. The molecule has 0 aromatic carbocycles. The molecule has 2 N–H and O–H groups in total. The average molecular weight is 144 g/mol. The van der Waals surface area contributed by atoms with E-state index in [4.69, 9.17) is 10.6 Å². The van der Waals surface area contributed by atoms with Crippen molar-refractivity contribution in [1.29, 1.82) is 0 Å². The van der Waals surface area contributed by atoms with Crippen molar-refractivity contribution in [2.75, 3.05) is 20.3 Å². The summed E-state index contributed by atoms with van der Waals surface area (Å²) in [7, 11) is 1.72. The smallest absolute Gasteiger partial charge is 0.0631 e. The summed E-state index contributed by atoms with van der Waals surface area (Å²) in [6.45, 7) is 1.80. The lowest BCUT2D eigenvalue weighted by Crippen LogP contribution is -2.46. The van der Waals surface area contributed by atoms with E-state index in [2.05, 4.69) is 0 Å². The zero-order valence-corrected chi connectivity index (χ0v) is 6.55. The van der Waals surface area contributed by atoms with E-state index in [-0.39, 0.29) is 0 Å². The van der Waals surface area contributed by atoms with Gasteiger partial charge in [0.05, 0.1) is 6.61 Å². The average Bonchev–Trinajstić information content (AvgIpc) is 1.94. The Hall–Kier alpha value is -0.120. The largest absolute Gasteiger partial charge is 0.383 e. The van der Waals surface area contributed by atoms with Crippen molar-refractivity contribution in [1.82, 2.24) is 5.01 Å². The predicted molar refractivity (Wildman–Crippen MR) is 40.4 cm³/mol. The van der Waals surface area contributed by atoms with E-state index in [1.807, 2.05) is 5.01 Å². The van der Waals surface area contributed by atoms with Crippen molar-refractivity contribution in [2.24, 2.45) is 5.84 Å². The van der Waals surface area contributed by atoms with Gasteiger partial charge in [-0.25, -0.2) is 5.01 Å². The van der Waals surface area contributed by atoms with Gasteiger partial charge in [-0.05, 0) is 12.8 Å². The highest BCUT2D eigenvalue weighted by atomic mass is 16.5. The van der Waals surface area contributed by atoms with Gasteiger partial charge < -0.3 is 4.74 Å². The molecule has 3 nitrogen and oxygen atoms in total. The molecular weight excluding hydrogens is 128 g/mol. The Labute approximate surface area is 62.1 Å². The number of hydrazine groups is 1. The zero-order chi connectivity index (χ0) is 7.40. The van der Waals surface area contributed by atoms with Crippen molar-refractivity contribution in [3.63, 3.8) is 0 Å². The summed E-state index contributed by atoms with van der Waals surface area (Å²) in [5.41, 5.74) is 0. The van der Waals surface area contributed by atoms with E-state index >= 15 is 0 Å². The Bertz CT molecular complexity index is 95.6. The van der Waals surface area contributed by atoms with E-state index in [9.17, 15) is 0 Å². The standard InChI is InChI=1S/C7H16N2O/c1-10-6-7-4-2-3-5-9(7)8/h7H,2-6,8H2,1H3. The molecule has 0 saturated carbocycles. The van der Waals surface area contributed by atoms with Crippen LogP contribution in [0.3, 0.4) is 0 Å². The molecule has 10 heavy (non-hydrogen) atoms. The lowest BCUT2D eigenvalue weighted by atomic mass is 10.1. The van der Waals surface area contributed by atoms with Crippen molar-refractivity contribution >= 4 is 0 Å². The van der Waals surface area contributed by atoms with Crippen LogP contribution in [0.1, 0.15) is 19.3 Å². The fraction of sp³-hybridized carbons (Fsp3) is 1.00. The first kappa shape index (κ1) is 7.98. The number of ether oxygens (including phenoxy) is 1. The first-order chi connectivity index (χ1) is 4.84. The number of hydrogen-bond donors (Lipinski definition) is 1. The molecule has 0 radical (unpaired) electrons. The van der Waals surface area contributed by atoms with Gasteiger partial charge >= 0.3 is 0 Å². The summed E-state index contributed by atoms with van der Waals surface area (Å²) in [4.78, 5) is 0. The molecule has 1 unspecified atom stereocenters. The Morgan fingerprint density at radius 2 is 2.40 bits per heavy atom. The van der Waals surface area contributed by atoms with E-state index in [1.54, 1.807) is 7.11 Å². The van der Waals surface area contributed by atoms with E-state index in [0.717, 1.165) is 13.2 Å². The highest BCUT2D eigenvalue weighted by Gasteiger charge is 2.18. The molecule has 0 aromatic heterocycles. The van der Waals surface area contributed by atoms with Crippen LogP contribution in [0.15, 0.2) is 0 Å². The van der Waals surface area contributed by atoms with Gasteiger partial charge in [-0.3, -0.25) is 5.84 Å². The Morgan fingerprint density at radius 1 is 1.60 bits per heavy atom. The molecule has 0 spiro atoms. The number of nitrogens with zero attached hydrogens (tertiary/aromatic N) is 1. The molecule has 0 amide bonds. The van der Waals surface area contributed by atoms with Crippen LogP contribution in [0.25, 0.3) is 0 Å². The number of nitrogens with two attached hydrogens (primary N) is 1. The predicted octanol–water partition coefficient (Wildman–Crippen LogP) is 0.361. The Balaban J connectivity index is 2.25. The van der Waals surface area contributed by atoms with Crippen LogP contribution in [0, 0.1) is 0 Å². The molecule has 3 heteroatoms. The Morgan fingerprint density at radius 3 is 3.00 bits per heavy atom. The van der Waals surface area contributed by atoms with Crippen LogP contribution in [-0.4, -0.2) is 31.3 Å². The van der Waals surface area contributed by atoms with E-state index in [0.29, 0.717) is 6.04 Å². The summed E-state index contributed by atoms with van der Waals surface area (Å²) in [6.07, 6.45) is 3.71. The van der Waals surface area contributed by atoms with Crippen LogP contribution >= 0.6 is 0 Å². The van der Waals surface area contributed by atoms with Crippen LogP contribution in [0.4, 0.5) is 0 Å². The molecule has 1 atom stereocenters. The third kappa shape index (κ3) is 1.94. The maximum atomic E-state index is 5.72. The number of rotatable bonds is 2. The minimum Gasteiger partial charge on any atom is -0.383 e. The summed E-state index contributed by atoms with van der Waals surface area (Å²) < 4.78 is 5.03. The minimum absolute atomic E-state index is 0.457. The second kappa shape index (κ2) is 3.91. The zero-order valence-electron chi connectivity index (χ0n) is 6.55. The molecule has 0 bridgehead atoms. The summed E-state index contributed by atoms with van der Waals surface area (Å²) in [6, 6.07) is 0.457. The SMILES string of the molecule is COCC1CCCCN1N. The molecule has 60 valence electrons. The lowest BCUT2D eigenvalue weighted by Gasteiger charge is -2.30. The van der Waals surface area contributed by atoms with Gasteiger partial charge in [0.25, 0.3) is 0 Å². The van der Waals surface area contributed by atoms with Crippen molar-refractivity contribution < 1.29 is 4.74 Å². The maximum absolute atomic E-state index is 5.72. The van der Waals surface area contributed by atoms with E-state index in [1.165, 1.54) is 19.3 Å². The highest BCUT2D eigenvalue weighted by molar-refractivity contribution is 4.71. The fourth-order valence-corrected chi connectivity index (χ4v) is 1.39. The van der Waals surface area contributed by atoms with Gasteiger partial charge in [-0.2, -0.15) is 0 Å². The molecule has 1 aliphatic rings. The van der Waals surface area contributed by atoms with E-state index < -0.39 is 0 Å². The summed E-state index contributed by atoms with van der Waals surface area (Å²) in [5, 5.41) is 1.90. The lowest BCUT2D eigenvalue weighted by molar-refractivity contribution is 0.0652. The molecule has 1 heterocycles. The molecule has 0 aliphatic carbocycles. The number of hydrogen-bond acceptors (Lipinski definition) is 3. The second-order valence-electron chi connectivity index (χ2n) is 2.84. The van der Waals surface area contributed by atoms with Gasteiger partial charge in [0.15, 0.2) is 0 Å². The van der Waals surface area contributed by atoms with Gasteiger partial charge in [0.2, 0.25) is 0 Å². The van der Waals surface area contributed by atoms with Gasteiger partial charge in [0.1, 0.15) is 0 Å². The fourth-order valence-electron chi connectivity index (χ4n) is 1.39. The van der Waals surface area contributed by atoms with Crippen LogP contribution in [-0.2, 0) is 4.74 Å². The van der Waals surface area contributed by atoms with Crippen LogP contribution in [0.2, 0.25) is 0 Å². The van der Waals surface area contributed by atoms with Gasteiger partial charge in [0, 0.05) is 19.7 Å². The van der Waals surface area contributed by atoms with Crippen LogP contribution in [0.5, 0.6) is 0 Å². The first-order valence-corrected chi connectivity index (χ1v) is 3.85. The normalized spacial score (nSPS) is 28.8. The van der Waals surface area contributed by atoms with Gasteiger partial charge in [-0.1, -0.05) is 6.42 Å². The molecule has 1 aliphatic heterocycles. The number of piperidine rings is 1. The molecular formula is C7H16N2O. The monoisotopic (exact) mass is 144 g/mol. The van der Waals surface area contributed by atoms with Gasteiger partial charge in [-0.15, -0.1) is 0 Å². The second-order valence-corrected chi connectivity index (χ2v) is 2.84. The molecule has 1 fully saturated rings. The Kier molecular flexibility index (Phi) is 3.12. The van der Waals surface area contributed by atoms with Crippen molar-refractivity contribution in [3.05, 3.63) is 0 Å².